The number of guanidine groups is 1. The van der Waals surface area contributed by atoms with Crippen LogP contribution >= 0.6 is 24.0 Å². The van der Waals surface area contributed by atoms with Crippen molar-refractivity contribution in [2.45, 2.75) is 51.4 Å². The molecule has 0 aromatic rings. The Morgan fingerprint density at radius 2 is 1.68 bits per heavy atom. The molecule has 0 atom stereocenters. The molecule has 7 heteroatoms. The second kappa shape index (κ2) is 12.4. The molecule has 1 aliphatic carbocycles. The van der Waals surface area contributed by atoms with Gasteiger partial charge in [0.05, 0.1) is 5.75 Å². The lowest BCUT2D eigenvalue weighted by Gasteiger charge is -2.21. The molecule has 0 saturated heterocycles. The van der Waals surface area contributed by atoms with Crippen LogP contribution in [0.1, 0.15) is 51.4 Å². The zero-order valence-corrected chi connectivity index (χ0v) is 17.1. The zero-order valence-electron chi connectivity index (χ0n) is 13.9. The Kier molecular flexibility index (Phi) is 12.4. The quantitative estimate of drug-likeness (QED) is 0.261. The van der Waals surface area contributed by atoms with Crippen LogP contribution in [0, 0.1) is 5.92 Å². The monoisotopic (exact) mass is 445 g/mol. The van der Waals surface area contributed by atoms with Gasteiger partial charge in [-0.3, -0.25) is 4.99 Å². The molecule has 1 rings (SSSR count). The summed E-state index contributed by atoms with van der Waals surface area (Å²) in [6, 6.07) is 0. The molecule has 1 aliphatic rings. The van der Waals surface area contributed by atoms with Crippen LogP contribution in [-0.4, -0.2) is 46.5 Å². The fourth-order valence-electron chi connectivity index (χ4n) is 2.84. The van der Waals surface area contributed by atoms with E-state index in [2.05, 4.69) is 15.6 Å². The first-order valence-corrected chi connectivity index (χ1v) is 10.2. The van der Waals surface area contributed by atoms with Crippen LogP contribution in [0.25, 0.3) is 0 Å². The maximum absolute atomic E-state index is 11.0. The molecule has 132 valence electrons. The molecule has 0 spiro atoms. The van der Waals surface area contributed by atoms with E-state index in [1.165, 1.54) is 51.2 Å². The molecule has 5 nitrogen and oxygen atoms in total. The van der Waals surface area contributed by atoms with Crippen molar-refractivity contribution in [1.29, 1.82) is 0 Å². The standard InChI is InChI=1S/C15H31N3O2S.HI/c1-16-15(18-12-7-13-21(2,19)20)17-11-6-10-14-8-4-3-5-9-14;/h14H,3-13H2,1-2H3,(H2,16,17,18);1H. The molecule has 1 fully saturated rings. The van der Waals surface area contributed by atoms with E-state index in [4.69, 9.17) is 0 Å². The van der Waals surface area contributed by atoms with Gasteiger partial charge < -0.3 is 10.6 Å². The topological polar surface area (TPSA) is 70.6 Å². The molecule has 0 radical (unpaired) electrons. The predicted molar refractivity (Wildman–Crippen MR) is 105 cm³/mol. The van der Waals surface area contributed by atoms with Gasteiger partial charge in [0.15, 0.2) is 5.96 Å². The van der Waals surface area contributed by atoms with Gasteiger partial charge in [-0.1, -0.05) is 32.1 Å². The molecular formula is C15H32IN3O2S. The lowest BCUT2D eigenvalue weighted by Crippen LogP contribution is -2.38. The summed E-state index contributed by atoms with van der Waals surface area (Å²) in [4.78, 5) is 4.15. The number of aliphatic imine (C=N–C) groups is 1. The number of sulfone groups is 1. The molecule has 0 unspecified atom stereocenters. The molecule has 0 bridgehead atoms. The van der Waals surface area contributed by atoms with Crippen molar-refractivity contribution in [2.24, 2.45) is 10.9 Å². The molecule has 0 amide bonds. The first-order chi connectivity index (χ1) is 10.0. The van der Waals surface area contributed by atoms with Gasteiger partial charge in [-0.05, 0) is 25.2 Å². The van der Waals surface area contributed by atoms with Crippen LogP contribution in [0.2, 0.25) is 0 Å². The van der Waals surface area contributed by atoms with Gasteiger partial charge in [-0.15, -0.1) is 24.0 Å². The van der Waals surface area contributed by atoms with E-state index in [9.17, 15) is 8.42 Å². The van der Waals surface area contributed by atoms with Crippen LogP contribution < -0.4 is 10.6 Å². The Balaban J connectivity index is 0.00000441. The maximum Gasteiger partial charge on any atom is 0.190 e. The van der Waals surface area contributed by atoms with E-state index in [1.807, 2.05) is 0 Å². The van der Waals surface area contributed by atoms with Gasteiger partial charge in [-0.2, -0.15) is 0 Å². The Morgan fingerprint density at radius 1 is 1.09 bits per heavy atom. The second-order valence-electron chi connectivity index (χ2n) is 6.06. The SMILES string of the molecule is CN=C(NCCCC1CCCCC1)NCCCS(C)(=O)=O.I. The minimum Gasteiger partial charge on any atom is -0.356 e. The average molecular weight is 445 g/mol. The van der Waals surface area contributed by atoms with Gasteiger partial charge in [0.2, 0.25) is 0 Å². The summed E-state index contributed by atoms with van der Waals surface area (Å²) < 4.78 is 22.1. The van der Waals surface area contributed by atoms with Crippen LogP contribution in [0.4, 0.5) is 0 Å². The lowest BCUT2D eigenvalue weighted by molar-refractivity contribution is 0.332. The molecule has 22 heavy (non-hydrogen) atoms. The first-order valence-electron chi connectivity index (χ1n) is 8.13. The molecule has 1 saturated carbocycles. The third-order valence-corrected chi connectivity index (χ3v) is 5.04. The second-order valence-corrected chi connectivity index (χ2v) is 8.32. The van der Waals surface area contributed by atoms with Crippen molar-refractivity contribution >= 4 is 39.8 Å². The van der Waals surface area contributed by atoms with Crippen molar-refractivity contribution in [3.63, 3.8) is 0 Å². The summed E-state index contributed by atoms with van der Waals surface area (Å²) in [5.41, 5.74) is 0. The minimum atomic E-state index is -2.86. The minimum absolute atomic E-state index is 0. The van der Waals surface area contributed by atoms with E-state index >= 15 is 0 Å². The highest BCUT2D eigenvalue weighted by molar-refractivity contribution is 14.0. The van der Waals surface area contributed by atoms with Crippen molar-refractivity contribution in [3.05, 3.63) is 0 Å². The first kappa shape index (κ1) is 21.9. The fourth-order valence-corrected chi connectivity index (χ4v) is 3.50. The summed E-state index contributed by atoms with van der Waals surface area (Å²) >= 11 is 0. The number of rotatable bonds is 8. The zero-order chi connectivity index (χ0) is 15.6. The highest BCUT2D eigenvalue weighted by atomic mass is 127. The summed E-state index contributed by atoms with van der Waals surface area (Å²) in [6.07, 6.45) is 11.4. The van der Waals surface area contributed by atoms with Crippen LogP contribution in [0.15, 0.2) is 4.99 Å². The highest BCUT2D eigenvalue weighted by Gasteiger charge is 2.12. The van der Waals surface area contributed by atoms with E-state index in [0.29, 0.717) is 13.0 Å². The van der Waals surface area contributed by atoms with Crippen LogP contribution in [0.3, 0.4) is 0 Å². The average Bonchev–Trinajstić information content (AvgIpc) is 2.45. The third kappa shape index (κ3) is 11.5. The van der Waals surface area contributed by atoms with E-state index < -0.39 is 9.84 Å². The molecule has 0 aliphatic heterocycles. The van der Waals surface area contributed by atoms with Gasteiger partial charge in [0, 0.05) is 26.4 Å². The normalized spacial score (nSPS) is 16.9. The Morgan fingerprint density at radius 3 is 2.23 bits per heavy atom. The van der Waals surface area contributed by atoms with E-state index in [0.717, 1.165) is 18.4 Å². The Labute approximate surface area is 153 Å². The maximum atomic E-state index is 11.0. The number of hydrogen-bond donors (Lipinski definition) is 2. The summed E-state index contributed by atoms with van der Waals surface area (Å²) in [5.74, 6) is 1.91. The summed E-state index contributed by atoms with van der Waals surface area (Å²) in [6.45, 7) is 1.57. The summed E-state index contributed by atoms with van der Waals surface area (Å²) in [7, 11) is -1.12. The molecule has 0 aromatic carbocycles. The Hall–Kier alpha value is -0.0500. The van der Waals surface area contributed by atoms with Gasteiger partial charge in [0.1, 0.15) is 9.84 Å². The predicted octanol–water partition coefficient (Wildman–Crippen LogP) is 2.56. The van der Waals surface area contributed by atoms with Crippen LogP contribution in [0.5, 0.6) is 0 Å². The van der Waals surface area contributed by atoms with Crippen molar-refractivity contribution in [1.82, 2.24) is 10.6 Å². The smallest absolute Gasteiger partial charge is 0.190 e. The number of nitrogens with one attached hydrogen (secondary N) is 2. The largest absolute Gasteiger partial charge is 0.356 e. The van der Waals surface area contributed by atoms with E-state index in [1.54, 1.807) is 7.05 Å². The Bertz CT molecular complexity index is 407. The fraction of sp³-hybridized carbons (Fsp3) is 0.933. The molecule has 2 N–H and O–H groups in total. The van der Waals surface area contributed by atoms with Gasteiger partial charge in [0.25, 0.3) is 0 Å². The van der Waals surface area contributed by atoms with Gasteiger partial charge in [-0.25, -0.2) is 8.42 Å². The molecule has 0 aromatic heterocycles. The highest BCUT2D eigenvalue weighted by Crippen LogP contribution is 2.26. The van der Waals surface area contributed by atoms with Crippen molar-refractivity contribution in [2.75, 3.05) is 32.1 Å². The van der Waals surface area contributed by atoms with Gasteiger partial charge >= 0.3 is 0 Å². The van der Waals surface area contributed by atoms with E-state index in [-0.39, 0.29) is 29.7 Å². The molecular weight excluding hydrogens is 413 g/mol. The van der Waals surface area contributed by atoms with Crippen LogP contribution in [-0.2, 0) is 9.84 Å². The van der Waals surface area contributed by atoms with Crippen molar-refractivity contribution < 1.29 is 8.42 Å². The number of nitrogens with zero attached hydrogens (tertiary/aromatic N) is 1. The lowest BCUT2D eigenvalue weighted by atomic mass is 9.86. The number of hydrogen-bond acceptors (Lipinski definition) is 3. The molecule has 0 heterocycles. The number of halogens is 1. The van der Waals surface area contributed by atoms with Crippen molar-refractivity contribution in [3.8, 4) is 0 Å². The summed E-state index contributed by atoms with van der Waals surface area (Å²) in [5, 5.41) is 6.45. The third-order valence-electron chi connectivity index (χ3n) is 4.01.